The SMILES string of the molecule is Cc1cc(C(F)F)c(CC#N)nc1F. The smallest absolute Gasteiger partial charge is 0.223 e. The molecule has 1 heterocycles. The van der Waals surface area contributed by atoms with Crippen LogP contribution in [0.25, 0.3) is 0 Å². The predicted octanol–water partition coefficient (Wildman–Crippen LogP) is 2.53. The first kappa shape index (κ1) is 10.5. The van der Waals surface area contributed by atoms with E-state index in [2.05, 4.69) is 4.98 Å². The van der Waals surface area contributed by atoms with Crippen molar-refractivity contribution in [3.63, 3.8) is 0 Å². The van der Waals surface area contributed by atoms with Gasteiger partial charge in [0, 0.05) is 11.1 Å². The molecule has 74 valence electrons. The van der Waals surface area contributed by atoms with Gasteiger partial charge >= 0.3 is 0 Å². The van der Waals surface area contributed by atoms with Crippen molar-refractivity contribution in [2.45, 2.75) is 19.8 Å². The molecule has 1 aromatic rings. The van der Waals surface area contributed by atoms with Crippen molar-refractivity contribution in [2.24, 2.45) is 0 Å². The largest absolute Gasteiger partial charge is 0.265 e. The maximum absolute atomic E-state index is 12.9. The Morgan fingerprint density at radius 1 is 1.57 bits per heavy atom. The lowest BCUT2D eigenvalue weighted by molar-refractivity contribution is 0.149. The summed E-state index contributed by atoms with van der Waals surface area (Å²) in [7, 11) is 0. The number of nitrogens with zero attached hydrogens (tertiary/aromatic N) is 2. The van der Waals surface area contributed by atoms with Gasteiger partial charge in [0.15, 0.2) is 0 Å². The van der Waals surface area contributed by atoms with E-state index >= 15 is 0 Å². The van der Waals surface area contributed by atoms with Crippen LogP contribution in [0.3, 0.4) is 0 Å². The van der Waals surface area contributed by atoms with Crippen LogP contribution in [0.5, 0.6) is 0 Å². The Labute approximate surface area is 79.0 Å². The van der Waals surface area contributed by atoms with Gasteiger partial charge in [0.05, 0.1) is 18.2 Å². The Hall–Kier alpha value is -1.57. The van der Waals surface area contributed by atoms with E-state index in [0.29, 0.717) is 0 Å². The maximum atomic E-state index is 12.9. The number of nitriles is 1. The minimum atomic E-state index is -2.73. The first-order valence-corrected chi connectivity index (χ1v) is 3.87. The number of hydrogen-bond acceptors (Lipinski definition) is 2. The number of pyridine rings is 1. The van der Waals surface area contributed by atoms with Gasteiger partial charge in [0.25, 0.3) is 6.43 Å². The molecule has 0 N–H and O–H groups in total. The maximum Gasteiger partial charge on any atom is 0.265 e. The monoisotopic (exact) mass is 200 g/mol. The second kappa shape index (κ2) is 4.09. The van der Waals surface area contributed by atoms with Crippen LogP contribution in [0.4, 0.5) is 13.2 Å². The van der Waals surface area contributed by atoms with Crippen LogP contribution in [0, 0.1) is 24.2 Å². The summed E-state index contributed by atoms with van der Waals surface area (Å²) in [5.41, 5.74) is -0.502. The Morgan fingerprint density at radius 3 is 2.71 bits per heavy atom. The standard InChI is InChI=1S/C9H7F3N2/c1-5-4-6(8(10)11)7(2-3-13)14-9(5)12/h4,8H,2H2,1H3. The van der Waals surface area contributed by atoms with E-state index in [1.54, 1.807) is 6.07 Å². The Morgan fingerprint density at radius 2 is 2.21 bits per heavy atom. The van der Waals surface area contributed by atoms with Gasteiger partial charge in [-0.15, -0.1) is 0 Å². The molecule has 0 atom stereocenters. The van der Waals surface area contributed by atoms with Crippen LogP contribution < -0.4 is 0 Å². The zero-order valence-electron chi connectivity index (χ0n) is 7.39. The van der Waals surface area contributed by atoms with Gasteiger partial charge in [-0.3, -0.25) is 0 Å². The van der Waals surface area contributed by atoms with Crippen molar-refractivity contribution in [2.75, 3.05) is 0 Å². The molecule has 0 bridgehead atoms. The van der Waals surface area contributed by atoms with Crippen molar-refractivity contribution in [1.29, 1.82) is 5.26 Å². The molecule has 14 heavy (non-hydrogen) atoms. The zero-order chi connectivity index (χ0) is 10.7. The van der Waals surface area contributed by atoms with Gasteiger partial charge < -0.3 is 0 Å². The average Bonchev–Trinajstić information content (AvgIpc) is 2.11. The summed E-state index contributed by atoms with van der Waals surface area (Å²) >= 11 is 0. The number of aromatic nitrogens is 1. The van der Waals surface area contributed by atoms with Crippen molar-refractivity contribution in [3.8, 4) is 6.07 Å². The minimum absolute atomic E-state index is 0.0574. The van der Waals surface area contributed by atoms with Crippen molar-refractivity contribution < 1.29 is 13.2 Å². The molecule has 0 unspecified atom stereocenters. The molecule has 0 amide bonds. The van der Waals surface area contributed by atoms with Gasteiger partial charge in [-0.1, -0.05) is 0 Å². The summed E-state index contributed by atoms with van der Waals surface area (Å²) in [5, 5.41) is 8.33. The normalized spacial score (nSPS) is 10.3. The van der Waals surface area contributed by atoms with Crippen LogP contribution in [-0.4, -0.2) is 4.98 Å². The van der Waals surface area contributed by atoms with E-state index < -0.39 is 12.4 Å². The summed E-state index contributed by atoms with van der Waals surface area (Å²) in [6, 6.07) is 2.69. The van der Waals surface area contributed by atoms with Crippen LogP contribution >= 0.6 is 0 Å². The van der Waals surface area contributed by atoms with Crippen LogP contribution in [0.2, 0.25) is 0 Å². The molecule has 0 radical (unpaired) electrons. The highest BCUT2D eigenvalue weighted by molar-refractivity contribution is 5.28. The van der Waals surface area contributed by atoms with Gasteiger partial charge in [-0.2, -0.15) is 9.65 Å². The van der Waals surface area contributed by atoms with Crippen molar-refractivity contribution >= 4 is 0 Å². The Bertz CT molecular complexity index is 382. The molecule has 1 rings (SSSR count). The van der Waals surface area contributed by atoms with Crippen LogP contribution in [0.15, 0.2) is 6.07 Å². The summed E-state index contributed by atoms with van der Waals surface area (Å²) in [6.07, 6.45) is -3.04. The van der Waals surface area contributed by atoms with E-state index in [4.69, 9.17) is 5.26 Å². The summed E-state index contributed by atoms with van der Waals surface area (Å²) < 4.78 is 37.7. The highest BCUT2D eigenvalue weighted by Crippen LogP contribution is 2.23. The number of rotatable bonds is 2. The second-order valence-electron chi connectivity index (χ2n) is 2.77. The van der Waals surface area contributed by atoms with Crippen LogP contribution in [-0.2, 0) is 6.42 Å². The van der Waals surface area contributed by atoms with Gasteiger partial charge in [0.2, 0.25) is 5.95 Å². The highest BCUT2D eigenvalue weighted by atomic mass is 19.3. The lowest BCUT2D eigenvalue weighted by Crippen LogP contribution is -2.02. The fraction of sp³-hybridized carbons (Fsp3) is 0.333. The highest BCUT2D eigenvalue weighted by Gasteiger charge is 2.16. The third kappa shape index (κ3) is 2.02. The van der Waals surface area contributed by atoms with E-state index in [9.17, 15) is 13.2 Å². The first-order chi connectivity index (χ1) is 6.56. The third-order valence-corrected chi connectivity index (χ3v) is 1.75. The molecule has 5 heteroatoms. The average molecular weight is 200 g/mol. The molecule has 0 aliphatic rings. The third-order valence-electron chi connectivity index (χ3n) is 1.75. The fourth-order valence-corrected chi connectivity index (χ4v) is 1.05. The molecule has 0 aliphatic carbocycles. The number of alkyl halides is 2. The lowest BCUT2D eigenvalue weighted by Gasteiger charge is -2.06. The molecule has 0 spiro atoms. The number of hydrogen-bond donors (Lipinski definition) is 0. The molecular formula is C9H7F3N2. The van der Waals surface area contributed by atoms with E-state index in [-0.39, 0.29) is 23.2 Å². The first-order valence-electron chi connectivity index (χ1n) is 3.87. The molecule has 1 aromatic heterocycles. The summed E-state index contributed by atoms with van der Waals surface area (Å²) in [6.45, 7) is 1.35. The zero-order valence-corrected chi connectivity index (χ0v) is 7.39. The van der Waals surface area contributed by atoms with E-state index in [1.807, 2.05) is 0 Å². The fourth-order valence-electron chi connectivity index (χ4n) is 1.05. The quantitative estimate of drug-likeness (QED) is 0.688. The lowest BCUT2D eigenvalue weighted by atomic mass is 10.1. The summed E-state index contributed by atoms with van der Waals surface area (Å²) in [5.74, 6) is -0.806. The topological polar surface area (TPSA) is 36.7 Å². The molecular weight excluding hydrogens is 193 g/mol. The molecule has 2 nitrogen and oxygen atoms in total. The van der Waals surface area contributed by atoms with Gasteiger partial charge in [0.1, 0.15) is 0 Å². The molecule has 0 saturated heterocycles. The minimum Gasteiger partial charge on any atom is -0.223 e. The van der Waals surface area contributed by atoms with Crippen LogP contribution in [0.1, 0.15) is 23.2 Å². The predicted molar refractivity (Wildman–Crippen MR) is 43.2 cm³/mol. The number of halogens is 3. The molecule has 0 aromatic carbocycles. The van der Waals surface area contributed by atoms with E-state index in [0.717, 1.165) is 6.07 Å². The molecule has 0 saturated carbocycles. The van der Waals surface area contributed by atoms with Gasteiger partial charge in [-0.05, 0) is 13.0 Å². The molecule has 0 aliphatic heterocycles. The number of aryl methyl sites for hydroxylation is 1. The summed E-state index contributed by atoms with van der Waals surface area (Å²) in [4.78, 5) is 3.31. The van der Waals surface area contributed by atoms with E-state index in [1.165, 1.54) is 6.92 Å². The van der Waals surface area contributed by atoms with Gasteiger partial charge in [-0.25, -0.2) is 13.8 Å². The van der Waals surface area contributed by atoms with Crippen molar-refractivity contribution in [1.82, 2.24) is 4.98 Å². The molecule has 0 fully saturated rings. The van der Waals surface area contributed by atoms with Crippen molar-refractivity contribution in [3.05, 3.63) is 28.8 Å². The Balaban J connectivity index is 3.25. The Kier molecular flexibility index (Phi) is 3.07. The second-order valence-corrected chi connectivity index (χ2v) is 2.77.